The number of amides is 1. The fourth-order valence-electron chi connectivity index (χ4n) is 2.55. The van der Waals surface area contributed by atoms with Gasteiger partial charge in [-0.15, -0.1) is 0 Å². The number of rotatable bonds is 3. The van der Waals surface area contributed by atoms with Crippen LogP contribution in [0.2, 0.25) is 5.02 Å². The van der Waals surface area contributed by atoms with Gasteiger partial charge < -0.3 is 9.84 Å². The van der Waals surface area contributed by atoms with E-state index in [-0.39, 0.29) is 11.6 Å². The van der Waals surface area contributed by atoms with E-state index >= 15 is 0 Å². The number of nitrogens with zero attached hydrogens (tertiary/aromatic N) is 2. The number of fused-ring (bicyclic) bond motifs is 1. The monoisotopic (exact) mass is 349 g/mol. The van der Waals surface area contributed by atoms with Crippen molar-refractivity contribution < 1.29 is 9.32 Å². The molecule has 2 aromatic carbocycles. The average Bonchev–Trinajstić information content (AvgIpc) is 3.12. The zero-order chi connectivity index (χ0) is 17.2. The molecule has 1 N–H and O–H groups in total. The Bertz CT molecular complexity index is 1070. The van der Waals surface area contributed by atoms with Crippen molar-refractivity contribution in [1.29, 1.82) is 0 Å². The topological polar surface area (TPSA) is 68.0 Å². The minimum Gasteiger partial charge on any atom is -0.355 e. The lowest BCUT2D eigenvalue weighted by atomic mass is 10.1. The highest BCUT2D eigenvalue weighted by Crippen LogP contribution is 2.25. The van der Waals surface area contributed by atoms with E-state index in [4.69, 9.17) is 16.1 Å². The summed E-state index contributed by atoms with van der Waals surface area (Å²) in [4.78, 5) is 16.8. The second kappa shape index (κ2) is 6.37. The fourth-order valence-corrected chi connectivity index (χ4v) is 2.74. The molecule has 0 bridgehead atoms. The van der Waals surface area contributed by atoms with Crippen molar-refractivity contribution in [2.24, 2.45) is 0 Å². The van der Waals surface area contributed by atoms with Crippen molar-refractivity contribution >= 4 is 34.1 Å². The molecule has 4 rings (SSSR count). The Morgan fingerprint density at radius 3 is 2.76 bits per heavy atom. The zero-order valence-electron chi connectivity index (χ0n) is 12.9. The van der Waals surface area contributed by atoms with Gasteiger partial charge in [-0.05, 0) is 24.3 Å². The molecule has 0 unspecified atom stereocenters. The summed E-state index contributed by atoms with van der Waals surface area (Å²) < 4.78 is 5.27. The summed E-state index contributed by atoms with van der Waals surface area (Å²) in [7, 11) is 0. The molecule has 2 aromatic heterocycles. The Morgan fingerprint density at radius 2 is 1.88 bits per heavy atom. The first kappa shape index (κ1) is 15.4. The van der Waals surface area contributed by atoms with Crippen LogP contribution in [-0.4, -0.2) is 16.0 Å². The van der Waals surface area contributed by atoms with Gasteiger partial charge in [0, 0.05) is 28.2 Å². The quantitative estimate of drug-likeness (QED) is 0.577. The molecule has 5 nitrogen and oxygen atoms in total. The van der Waals surface area contributed by atoms with Crippen LogP contribution in [0.25, 0.3) is 22.2 Å². The highest BCUT2D eigenvalue weighted by atomic mass is 35.5. The molecule has 1 amide bonds. The molecule has 2 heterocycles. The first-order valence-corrected chi connectivity index (χ1v) is 7.96. The second-order valence-corrected chi connectivity index (χ2v) is 5.86. The maximum atomic E-state index is 12.5. The van der Waals surface area contributed by atoms with Crippen LogP contribution < -0.4 is 5.32 Å². The number of aromatic nitrogens is 2. The van der Waals surface area contributed by atoms with Gasteiger partial charge >= 0.3 is 0 Å². The number of benzene rings is 2. The van der Waals surface area contributed by atoms with Crippen molar-refractivity contribution in [2.75, 3.05) is 5.32 Å². The summed E-state index contributed by atoms with van der Waals surface area (Å²) >= 11 is 5.98. The predicted octanol–water partition coefficient (Wildman–Crippen LogP) is 4.80. The number of nitrogens with one attached hydrogen (secondary N) is 1. The first-order valence-electron chi connectivity index (χ1n) is 7.58. The van der Waals surface area contributed by atoms with Gasteiger partial charge in [-0.25, -0.2) is 0 Å². The molecule has 0 spiro atoms. The SMILES string of the molecule is O=C(Nc1cccc2cccnc12)c1cc(-c2cccc(Cl)c2)on1. The summed E-state index contributed by atoms with van der Waals surface area (Å²) in [5, 5.41) is 8.20. The van der Waals surface area contributed by atoms with Gasteiger partial charge in [0.15, 0.2) is 11.5 Å². The molecule has 0 fully saturated rings. The lowest BCUT2D eigenvalue weighted by Crippen LogP contribution is -2.12. The highest BCUT2D eigenvalue weighted by Gasteiger charge is 2.15. The van der Waals surface area contributed by atoms with E-state index in [0.717, 1.165) is 16.5 Å². The fraction of sp³-hybridized carbons (Fsp3) is 0. The number of hydrogen-bond donors (Lipinski definition) is 1. The van der Waals surface area contributed by atoms with E-state index in [1.807, 2.05) is 36.4 Å². The molecule has 0 aliphatic carbocycles. The molecule has 122 valence electrons. The van der Waals surface area contributed by atoms with Gasteiger partial charge in [-0.2, -0.15) is 0 Å². The molecule has 25 heavy (non-hydrogen) atoms. The van der Waals surface area contributed by atoms with E-state index in [9.17, 15) is 4.79 Å². The lowest BCUT2D eigenvalue weighted by Gasteiger charge is -2.06. The molecule has 0 radical (unpaired) electrons. The summed E-state index contributed by atoms with van der Waals surface area (Å²) in [5.41, 5.74) is 2.28. The van der Waals surface area contributed by atoms with Crippen molar-refractivity contribution in [2.45, 2.75) is 0 Å². The highest BCUT2D eigenvalue weighted by molar-refractivity contribution is 6.30. The van der Waals surface area contributed by atoms with Crippen LogP contribution in [0.4, 0.5) is 5.69 Å². The van der Waals surface area contributed by atoms with Crippen LogP contribution in [0.3, 0.4) is 0 Å². The number of carbonyl (C=O) groups excluding carboxylic acids is 1. The maximum Gasteiger partial charge on any atom is 0.277 e. The summed E-state index contributed by atoms with van der Waals surface area (Å²) in [5.74, 6) is 0.110. The number of halogens is 1. The van der Waals surface area contributed by atoms with Crippen molar-refractivity contribution in [3.8, 4) is 11.3 Å². The van der Waals surface area contributed by atoms with Gasteiger partial charge in [-0.3, -0.25) is 9.78 Å². The minimum absolute atomic E-state index is 0.183. The molecule has 0 saturated heterocycles. The number of hydrogen-bond acceptors (Lipinski definition) is 4. The summed E-state index contributed by atoms with van der Waals surface area (Å²) in [6.07, 6.45) is 1.69. The van der Waals surface area contributed by atoms with Gasteiger partial charge in [0.2, 0.25) is 0 Å². The number of para-hydroxylation sites is 1. The van der Waals surface area contributed by atoms with Gasteiger partial charge in [0.25, 0.3) is 5.91 Å². The molecule has 6 heteroatoms. The second-order valence-electron chi connectivity index (χ2n) is 5.42. The standard InChI is InChI=1S/C19H12ClN3O2/c20-14-7-1-5-13(10-14)17-11-16(23-25-17)19(24)22-15-8-2-4-12-6-3-9-21-18(12)15/h1-11H,(H,22,24). The van der Waals surface area contributed by atoms with Gasteiger partial charge in [0.05, 0.1) is 11.2 Å². The zero-order valence-corrected chi connectivity index (χ0v) is 13.7. The molecular formula is C19H12ClN3O2. The average molecular weight is 350 g/mol. The molecule has 4 aromatic rings. The van der Waals surface area contributed by atoms with E-state index in [2.05, 4.69) is 15.5 Å². The van der Waals surface area contributed by atoms with Crippen molar-refractivity contribution in [3.63, 3.8) is 0 Å². The van der Waals surface area contributed by atoms with Crippen LogP contribution in [-0.2, 0) is 0 Å². The first-order chi connectivity index (χ1) is 12.2. The smallest absolute Gasteiger partial charge is 0.277 e. The molecule has 0 aliphatic rings. The van der Waals surface area contributed by atoms with E-state index in [1.165, 1.54) is 0 Å². The third kappa shape index (κ3) is 3.09. The lowest BCUT2D eigenvalue weighted by molar-refractivity contribution is 0.101. The third-order valence-corrected chi connectivity index (χ3v) is 3.97. The number of pyridine rings is 1. The molecule has 0 aliphatic heterocycles. The predicted molar refractivity (Wildman–Crippen MR) is 96.6 cm³/mol. The molecule has 0 saturated carbocycles. The Balaban J connectivity index is 1.61. The normalized spacial score (nSPS) is 10.8. The Morgan fingerprint density at radius 1 is 1.04 bits per heavy atom. The third-order valence-electron chi connectivity index (χ3n) is 3.73. The van der Waals surface area contributed by atoms with Crippen LogP contribution >= 0.6 is 11.6 Å². The molecule has 0 atom stereocenters. The van der Waals surface area contributed by atoms with Gasteiger partial charge in [0.1, 0.15) is 0 Å². The van der Waals surface area contributed by atoms with Gasteiger partial charge in [-0.1, -0.05) is 47.1 Å². The van der Waals surface area contributed by atoms with Crippen LogP contribution in [0.5, 0.6) is 0 Å². The number of anilines is 1. The van der Waals surface area contributed by atoms with Crippen molar-refractivity contribution in [3.05, 3.63) is 77.6 Å². The minimum atomic E-state index is -0.366. The van der Waals surface area contributed by atoms with E-state index < -0.39 is 0 Å². The maximum absolute atomic E-state index is 12.5. The molecular weight excluding hydrogens is 338 g/mol. The summed E-state index contributed by atoms with van der Waals surface area (Å²) in [6, 6.07) is 18.1. The Kier molecular flexibility index (Phi) is 3.91. The van der Waals surface area contributed by atoms with E-state index in [1.54, 1.807) is 30.5 Å². The summed E-state index contributed by atoms with van der Waals surface area (Å²) in [6.45, 7) is 0. The van der Waals surface area contributed by atoms with Crippen LogP contribution in [0.15, 0.2) is 71.4 Å². The Hall–Kier alpha value is -3.18. The van der Waals surface area contributed by atoms with Crippen LogP contribution in [0.1, 0.15) is 10.5 Å². The number of carbonyl (C=O) groups is 1. The van der Waals surface area contributed by atoms with Crippen molar-refractivity contribution in [1.82, 2.24) is 10.1 Å². The Labute approximate surface area is 148 Å². The largest absolute Gasteiger partial charge is 0.355 e. The van der Waals surface area contributed by atoms with Crippen LogP contribution in [0, 0.1) is 0 Å². The van der Waals surface area contributed by atoms with E-state index in [0.29, 0.717) is 16.5 Å².